The molecule has 0 aliphatic carbocycles. The average Bonchev–Trinajstić information content (AvgIpc) is 3.31. The number of amides is 2. The van der Waals surface area contributed by atoms with Crippen LogP contribution in [0.25, 0.3) is 0 Å². The third-order valence-corrected chi connectivity index (χ3v) is 6.42. The van der Waals surface area contributed by atoms with Gasteiger partial charge in [0.1, 0.15) is 11.7 Å². The maximum absolute atomic E-state index is 13.9. The number of methoxy groups -OCH3 is 1. The highest BCUT2D eigenvalue weighted by Crippen LogP contribution is 2.48. The van der Waals surface area contributed by atoms with Crippen molar-refractivity contribution in [3.63, 3.8) is 0 Å². The SMILES string of the molecule is COc1cccc(C2C3C(=O)N(c4c(C)cc(C)cc4C)C(=O)C3ON2c2ccccc2)c1. The van der Waals surface area contributed by atoms with Gasteiger partial charge in [-0.3, -0.25) is 14.4 Å². The van der Waals surface area contributed by atoms with Gasteiger partial charge in [0.05, 0.1) is 24.5 Å². The van der Waals surface area contributed by atoms with Crippen LogP contribution in [0.1, 0.15) is 28.3 Å². The van der Waals surface area contributed by atoms with Crippen LogP contribution >= 0.6 is 0 Å². The number of hydrogen-bond acceptors (Lipinski definition) is 5. The molecule has 2 fully saturated rings. The predicted molar refractivity (Wildman–Crippen MR) is 126 cm³/mol. The highest BCUT2D eigenvalue weighted by Gasteiger charge is 2.60. The van der Waals surface area contributed by atoms with Crippen molar-refractivity contribution in [2.24, 2.45) is 5.92 Å². The molecule has 33 heavy (non-hydrogen) atoms. The van der Waals surface area contributed by atoms with E-state index in [4.69, 9.17) is 9.57 Å². The van der Waals surface area contributed by atoms with Crippen molar-refractivity contribution >= 4 is 23.2 Å². The highest BCUT2D eigenvalue weighted by molar-refractivity contribution is 6.24. The van der Waals surface area contributed by atoms with Gasteiger partial charge in [-0.15, -0.1) is 0 Å². The molecule has 3 unspecified atom stereocenters. The molecule has 6 nitrogen and oxygen atoms in total. The molecule has 0 radical (unpaired) electrons. The Morgan fingerprint density at radius 2 is 1.55 bits per heavy atom. The molecule has 0 aromatic heterocycles. The van der Waals surface area contributed by atoms with E-state index in [0.717, 1.165) is 27.9 Å². The fraction of sp³-hybridized carbons (Fsp3) is 0.259. The Balaban J connectivity index is 1.62. The zero-order valence-corrected chi connectivity index (χ0v) is 19.1. The first kappa shape index (κ1) is 21.2. The number of hydroxylamine groups is 1. The summed E-state index contributed by atoms with van der Waals surface area (Å²) in [5, 5.41) is 1.70. The van der Waals surface area contributed by atoms with Crippen molar-refractivity contribution < 1.29 is 19.2 Å². The van der Waals surface area contributed by atoms with Crippen LogP contribution in [0.3, 0.4) is 0 Å². The third kappa shape index (κ3) is 3.38. The first-order valence-corrected chi connectivity index (χ1v) is 11.0. The second-order valence-electron chi connectivity index (χ2n) is 8.69. The van der Waals surface area contributed by atoms with Crippen LogP contribution in [-0.4, -0.2) is 25.0 Å². The lowest BCUT2D eigenvalue weighted by Crippen LogP contribution is -2.38. The molecule has 2 saturated heterocycles. The van der Waals surface area contributed by atoms with E-state index in [9.17, 15) is 9.59 Å². The molecule has 6 heteroatoms. The lowest BCUT2D eigenvalue weighted by atomic mass is 9.90. The molecule has 0 N–H and O–H groups in total. The minimum absolute atomic E-state index is 0.244. The molecular weight excluding hydrogens is 416 g/mol. The van der Waals surface area contributed by atoms with Gasteiger partial charge in [0.25, 0.3) is 5.91 Å². The number of aryl methyl sites for hydroxylation is 3. The van der Waals surface area contributed by atoms with Crippen LogP contribution in [0.2, 0.25) is 0 Å². The quantitative estimate of drug-likeness (QED) is 0.550. The van der Waals surface area contributed by atoms with Gasteiger partial charge in [0.2, 0.25) is 5.91 Å². The Morgan fingerprint density at radius 3 is 2.21 bits per heavy atom. The van der Waals surface area contributed by atoms with Crippen LogP contribution in [0.5, 0.6) is 5.75 Å². The summed E-state index contributed by atoms with van der Waals surface area (Å²) in [4.78, 5) is 35.0. The molecule has 2 amide bonds. The summed E-state index contributed by atoms with van der Waals surface area (Å²) in [6, 6.07) is 20.7. The molecule has 2 aliphatic rings. The van der Waals surface area contributed by atoms with Crippen molar-refractivity contribution in [1.82, 2.24) is 0 Å². The normalized spacial score (nSPS) is 22.1. The number of para-hydroxylation sites is 1. The molecule has 0 bridgehead atoms. The monoisotopic (exact) mass is 442 g/mol. The molecule has 3 aromatic rings. The lowest BCUT2D eigenvalue weighted by Gasteiger charge is -2.29. The number of imide groups is 1. The largest absolute Gasteiger partial charge is 0.497 e. The Morgan fingerprint density at radius 1 is 0.848 bits per heavy atom. The average molecular weight is 443 g/mol. The van der Waals surface area contributed by atoms with Crippen molar-refractivity contribution in [2.45, 2.75) is 32.9 Å². The second kappa shape index (κ2) is 8.05. The lowest BCUT2D eigenvalue weighted by molar-refractivity contribution is -0.126. The van der Waals surface area contributed by atoms with Gasteiger partial charge in [-0.1, -0.05) is 48.0 Å². The van der Waals surface area contributed by atoms with Gasteiger partial charge in [-0.2, -0.15) is 0 Å². The van der Waals surface area contributed by atoms with Gasteiger partial charge >= 0.3 is 0 Å². The van der Waals surface area contributed by atoms with E-state index in [1.165, 1.54) is 4.90 Å². The minimum atomic E-state index is -0.894. The van der Waals surface area contributed by atoms with E-state index >= 15 is 0 Å². The topological polar surface area (TPSA) is 59.1 Å². The van der Waals surface area contributed by atoms with Crippen LogP contribution < -0.4 is 14.7 Å². The van der Waals surface area contributed by atoms with E-state index in [1.54, 1.807) is 12.2 Å². The number of hydrogen-bond donors (Lipinski definition) is 0. The van der Waals surface area contributed by atoms with Gasteiger partial charge < -0.3 is 4.74 Å². The number of carbonyl (C=O) groups is 2. The molecule has 3 atom stereocenters. The molecular formula is C27H26N2O4. The zero-order valence-electron chi connectivity index (χ0n) is 19.1. The molecule has 2 aliphatic heterocycles. The Labute approximate surface area is 193 Å². The standard InChI is InChI=1S/C27H26N2O4/c1-16-13-17(2)23(18(3)14-16)28-26(30)22-24(19-9-8-12-21(15-19)32-4)29(33-25(22)27(28)31)20-10-6-5-7-11-20/h5-15,22,24-25H,1-4H3. The summed E-state index contributed by atoms with van der Waals surface area (Å²) < 4.78 is 5.43. The van der Waals surface area contributed by atoms with Crippen molar-refractivity contribution in [1.29, 1.82) is 0 Å². The fourth-order valence-electron chi connectivity index (χ4n) is 5.12. The van der Waals surface area contributed by atoms with Crippen molar-refractivity contribution in [3.05, 3.63) is 89.0 Å². The first-order valence-electron chi connectivity index (χ1n) is 11.0. The van der Waals surface area contributed by atoms with E-state index < -0.39 is 18.1 Å². The van der Waals surface area contributed by atoms with Crippen LogP contribution in [-0.2, 0) is 14.4 Å². The summed E-state index contributed by atoms with van der Waals surface area (Å²) in [6.45, 7) is 5.87. The number of benzene rings is 3. The summed E-state index contributed by atoms with van der Waals surface area (Å²) >= 11 is 0. The maximum Gasteiger partial charge on any atom is 0.266 e. The Hall–Kier alpha value is -3.64. The van der Waals surface area contributed by atoms with Crippen LogP contribution in [0.15, 0.2) is 66.7 Å². The molecule has 168 valence electrons. The van der Waals surface area contributed by atoms with E-state index in [2.05, 4.69) is 0 Å². The van der Waals surface area contributed by atoms with Crippen LogP contribution in [0.4, 0.5) is 11.4 Å². The van der Waals surface area contributed by atoms with E-state index in [0.29, 0.717) is 11.4 Å². The Bertz CT molecular complexity index is 1220. The smallest absolute Gasteiger partial charge is 0.266 e. The minimum Gasteiger partial charge on any atom is -0.497 e. The van der Waals surface area contributed by atoms with Crippen LogP contribution in [0, 0.1) is 26.7 Å². The van der Waals surface area contributed by atoms with E-state index in [1.807, 2.05) is 87.5 Å². The zero-order chi connectivity index (χ0) is 23.3. The maximum atomic E-state index is 13.9. The van der Waals surface area contributed by atoms with Gasteiger partial charge in [-0.05, 0) is 61.7 Å². The fourth-order valence-corrected chi connectivity index (χ4v) is 5.12. The summed E-state index contributed by atoms with van der Waals surface area (Å²) in [6.07, 6.45) is -0.894. The molecule has 0 spiro atoms. The number of carbonyl (C=O) groups excluding carboxylic acids is 2. The summed E-state index contributed by atoms with van der Waals surface area (Å²) in [5.41, 5.74) is 5.18. The van der Waals surface area contributed by atoms with Gasteiger partial charge in [-0.25, -0.2) is 9.96 Å². The highest BCUT2D eigenvalue weighted by atomic mass is 16.7. The molecule has 0 saturated carbocycles. The van der Waals surface area contributed by atoms with Gasteiger partial charge in [0, 0.05) is 0 Å². The second-order valence-corrected chi connectivity index (χ2v) is 8.69. The molecule has 3 aromatic carbocycles. The molecule has 5 rings (SSSR count). The number of ether oxygens (including phenoxy) is 1. The summed E-state index contributed by atoms with van der Waals surface area (Å²) in [7, 11) is 1.61. The first-order chi connectivity index (χ1) is 15.9. The van der Waals surface area contributed by atoms with Gasteiger partial charge in [0.15, 0.2) is 6.10 Å². The molecule has 2 heterocycles. The van der Waals surface area contributed by atoms with Crippen molar-refractivity contribution in [3.8, 4) is 5.75 Å². The number of rotatable bonds is 4. The van der Waals surface area contributed by atoms with E-state index in [-0.39, 0.29) is 11.8 Å². The van der Waals surface area contributed by atoms with Crippen molar-refractivity contribution in [2.75, 3.05) is 17.1 Å². The number of anilines is 2. The number of fused-ring (bicyclic) bond motifs is 1. The predicted octanol–water partition coefficient (Wildman–Crippen LogP) is 4.67. The number of nitrogens with zero attached hydrogens (tertiary/aromatic N) is 2. The third-order valence-electron chi connectivity index (χ3n) is 6.42. The summed E-state index contributed by atoms with van der Waals surface area (Å²) in [5.74, 6) is -0.564. The Kier molecular flexibility index (Phi) is 5.17.